The Hall–Kier alpha value is -2.58. The molecule has 0 spiro atoms. The molecule has 0 aromatic carbocycles. The maximum absolute atomic E-state index is 12.4. The first-order valence-electron chi connectivity index (χ1n) is 5.73. The van der Waals surface area contributed by atoms with Crippen LogP contribution < -0.4 is 9.64 Å². The van der Waals surface area contributed by atoms with Crippen LogP contribution in [0, 0.1) is 0 Å². The minimum absolute atomic E-state index is 0.253. The summed E-state index contributed by atoms with van der Waals surface area (Å²) in [5.74, 6) is 0.514. The number of carbonyl (C=O) groups is 1. The van der Waals surface area contributed by atoms with Gasteiger partial charge in [-0.25, -0.2) is 14.6 Å². The van der Waals surface area contributed by atoms with E-state index in [4.69, 9.17) is 4.74 Å². The van der Waals surface area contributed by atoms with Crippen molar-refractivity contribution in [1.82, 2.24) is 30.2 Å². The number of ether oxygens (including phenoxy) is 1. The van der Waals surface area contributed by atoms with Crippen molar-refractivity contribution in [3.8, 4) is 5.88 Å². The van der Waals surface area contributed by atoms with Crippen molar-refractivity contribution < 1.29 is 9.53 Å². The third kappa shape index (κ3) is 1.98. The first-order valence-corrected chi connectivity index (χ1v) is 5.73. The molecule has 3 rings (SSSR count). The van der Waals surface area contributed by atoms with Crippen LogP contribution in [0.15, 0.2) is 12.4 Å². The molecule has 0 atom stereocenters. The molecule has 19 heavy (non-hydrogen) atoms. The van der Waals surface area contributed by atoms with Gasteiger partial charge in [-0.1, -0.05) is 5.10 Å². The number of hydrogen-bond donors (Lipinski definition) is 0. The van der Waals surface area contributed by atoms with Gasteiger partial charge in [-0.15, -0.1) is 0 Å². The van der Waals surface area contributed by atoms with E-state index in [9.17, 15) is 4.79 Å². The van der Waals surface area contributed by atoms with Gasteiger partial charge >= 0.3 is 0 Å². The zero-order chi connectivity index (χ0) is 13.2. The summed E-state index contributed by atoms with van der Waals surface area (Å²) in [6.45, 7) is 1.27. The average molecular weight is 261 g/mol. The number of nitrogens with zero attached hydrogens (tertiary/aromatic N) is 7. The van der Waals surface area contributed by atoms with Gasteiger partial charge in [0.2, 0.25) is 5.88 Å². The van der Waals surface area contributed by atoms with E-state index in [0.29, 0.717) is 24.9 Å². The number of anilines is 1. The van der Waals surface area contributed by atoms with Crippen LogP contribution in [0.1, 0.15) is 16.9 Å². The molecule has 0 radical (unpaired) electrons. The standard InChI is InChI=1S/C10H11N7O2/c1-19-8-5-7(11-6-12-8)9(18)16-3-2-4-17-10(16)13-14-15-17/h5-6H,2-4H2,1H3. The minimum Gasteiger partial charge on any atom is -0.481 e. The number of rotatable bonds is 2. The van der Waals surface area contributed by atoms with Gasteiger partial charge in [0, 0.05) is 19.2 Å². The first-order chi connectivity index (χ1) is 9.29. The molecule has 1 aliphatic rings. The molecule has 0 aliphatic carbocycles. The lowest BCUT2D eigenvalue weighted by Gasteiger charge is -2.24. The number of tetrazole rings is 1. The molecule has 3 heterocycles. The van der Waals surface area contributed by atoms with Crippen LogP contribution in [0.2, 0.25) is 0 Å². The summed E-state index contributed by atoms with van der Waals surface area (Å²) in [6, 6.07) is 1.49. The highest BCUT2D eigenvalue weighted by Gasteiger charge is 2.27. The Morgan fingerprint density at radius 3 is 3.11 bits per heavy atom. The SMILES string of the molecule is COc1cc(C(=O)N2CCCn3nnnc32)ncn1. The van der Waals surface area contributed by atoms with Gasteiger partial charge in [-0.3, -0.25) is 9.69 Å². The third-order valence-electron chi connectivity index (χ3n) is 2.82. The average Bonchev–Trinajstić information content (AvgIpc) is 2.95. The summed E-state index contributed by atoms with van der Waals surface area (Å²) in [6.07, 6.45) is 2.09. The highest BCUT2D eigenvalue weighted by molar-refractivity contribution is 6.03. The minimum atomic E-state index is -0.267. The van der Waals surface area contributed by atoms with Crippen molar-refractivity contribution in [3.63, 3.8) is 0 Å². The van der Waals surface area contributed by atoms with Crippen LogP contribution >= 0.6 is 0 Å². The summed E-state index contributed by atoms with van der Waals surface area (Å²) in [4.78, 5) is 21.7. The molecule has 0 saturated carbocycles. The van der Waals surface area contributed by atoms with Gasteiger partial charge in [-0.05, 0) is 16.8 Å². The Kier molecular flexibility index (Phi) is 2.78. The quantitative estimate of drug-likeness (QED) is 0.720. The van der Waals surface area contributed by atoms with Crippen LogP contribution in [0.5, 0.6) is 5.88 Å². The Bertz CT molecular complexity index is 611. The Balaban J connectivity index is 1.93. The molecular formula is C10H11N7O2. The number of fused-ring (bicyclic) bond motifs is 1. The molecule has 9 nitrogen and oxygen atoms in total. The van der Waals surface area contributed by atoms with E-state index in [0.717, 1.165) is 6.42 Å². The van der Waals surface area contributed by atoms with Gasteiger partial charge in [0.25, 0.3) is 11.9 Å². The van der Waals surface area contributed by atoms with Gasteiger partial charge in [0.15, 0.2) is 0 Å². The van der Waals surface area contributed by atoms with Crippen LogP contribution in [-0.2, 0) is 6.54 Å². The second-order valence-electron chi connectivity index (χ2n) is 3.96. The number of aryl methyl sites for hydroxylation is 1. The largest absolute Gasteiger partial charge is 0.481 e. The van der Waals surface area contributed by atoms with Crippen molar-refractivity contribution >= 4 is 11.9 Å². The maximum atomic E-state index is 12.4. The summed E-state index contributed by atoms with van der Waals surface area (Å²) in [7, 11) is 1.48. The maximum Gasteiger partial charge on any atom is 0.279 e. The van der Waals surface area contributed by atoms with E-state index in [2.05, 4.69) is 25.5 Å². The zero-order valence-electron chi connectivity index (χ0n) is 10.2. The molecule has 0 N–H and O–H groups in total. The van der Waals surface area contributed by atoms with E-state index >= 15 is 0 Å². The van der Waals surface area contributed by atoms with Gasteiger partial charge < -0.3 is 4.74 Å². The summed E-state index contributed by atoms with van der Waals surface area (Å²) >= 11 is 0. The molecule has 98 valence electrons. The van der Waals surface area contributed by atoms with Crippen LogP contribution in [0.3, 0.4) is 0 Å². The molecule has 9 heteroatoms. The molecule has 2 aromatic heterocycles. The number of hydrogen-bond acceptors (Lipinski definition) is 7. The smallest absolute Gasteiger partial charge is 0.279 e. The monoisotopic (exact) mass is 261 g/mol. The number of amides is 1. The predicted molar refractivity (Wildman–Crippen MR) is 62.7 cm³/mol. The van der Waals surface area contributed by atoms with Crippen LogP contribution in [0.4, 0.5) is 5.95 Å². The Morgan fingerprint density at radius 2 is 2.26 bits per heavy atom. The fourth-order valence-electron chi connectivity index (χ4n) is 1.92. The number of carbonyl (C=O) groups excluding carboxylic acids is 1. The van der Waals surface area contributed by atoms with Crippen molar-refractivity contribution in [2.75, 3.05) is 18.6 Å². The molecule has 0 saturated heterocycles. The number of aromatic nitrogens is 6. The van der Waals surface area contributed by atoms with E-state index in [1.165, 1.54) is 24.4 Å². The molecule has 1 aliphatic heterocycles. The number of methoxy groups -OCH3 is 1. The topological polar surface area (TPSA) is 98.9 Å². The van der Waals surface area contributed by atoms with Gasteiger partial charge in [0.1, 0.15) is 12.0 Å². The Morgan fingerprint density at radius 1 is 1.37 bits per heavy atom. The highest BCUT2D eigenvalue weighted by Crippen LogP contribution is 2.18. The lowest BCUT2D eigenvalue weighted by molar-refractivity contribution is 0.0975. The molecule has 2 aromatic rings. The predicted octanol–water partition coefficient (Wildman–Crippen LogP) is -0.478. The normalized spacial score (nSPS) is 14.1. The fraction of sp³-hybridized carbons (Fsp3) is 0.400. The zero-order valence-corrected chi connectivity index (χ0v) is 10.2. The van der Waals surface area contributed by atoms with Crippen molar-refractivity contribution in [3.05, 3.63) is 18.1 Å². The van der Waals surface area contributed by atoms with Crippen molar-refractivity contribution in [2.24, 2.45) is 0 Å². The van der Waals surface area contributed by atoms with Crippen molar-refractivity contribution in [2.45, 2.75) is 13.0 Å². The second kappa shape index (κ2) is 4.59. The summed E-state index contributed by atoms with van der Waals surface area (Å²) in [5.41, 5.74) is 0.253. The van der Waals surface area contributed by atoms with E-state index in [1.54, 1.807) is 4.68 Å². The Labute approximate surface area is 108 Å². The first kappa shape index (κ1) is 11.5. The van der Waals surface area contributed by atoms with Gasteiger partial charge in [-0.2, -0.15) is 0 Å². The lowest BCUT2D eigenvalue weighted by atomic mass is 10.3. The molecule has 0 fully saturated rings. The molecular weight excluding hydrogens is 250 g/mol. The summed E-state index contributed by atoms with van der Waals surface area (Å²) < 4.78 is 6.58. The van der Waals surface area contributed by atoms with Crippen molar-refractivity contribution in [1.29, 1.82) is 0 Å². The van der Waals surface area contributed by atoms with Gasteiger partial charge in [0.05, 0.1) is 7.11 Å². The van der Waals surface area contributed by atoms with E-state index in [1.807, 2.05) is 0 Å². The molecule has 0 unspecified atom stereocenters. The van der Waals surface area contributed by atoms with E-state index in [-0.39, 0.29) is 11.6 Å². The summed E-state index contributed by atoms with van der Waals surface area (Å²) in [5, 5.41) is 11.3. The van der Waals surface area contributed by atoms with E-state index < -0.39 is 0 Å². The van der Waals surface area contributed by atoms with Crippen LogP contribution in [0.25, 0.3) is 0 Å². The lowest BCUT2D eigenvalue weighted by Crippen LogP contribution is -2.38. The third-order valence-corrected chi connectivity index (χ3v) is 2.82. The highest BCUT2D eigenvalue weighted by atomic mass is 16.5. The molecule has 0 bridgehead atoms. The van der Waals surface area contributed by atoms with Crippen LogP contribution in [-0.4, -0.2) is 49.7 Å². The molecule has 1 amide bonds. The second-order valence-corrected chi connectivity index (χ2v) is 3.96. The fourth-order valence-corrected chi connectivity index (χ4v) is 1.92.